The summed E-state index contributed by atoms with van der Waals surface area (Å²) in [6.45, 7) is 2.23. The Kier molecular flexibility index (Phi) is 5.48. The second-order valence-corrected chi connectivity index (χ2v) is 6.01. The van der Waals surface area contributed by atoms with Crippen molar-refractivity contribution in [2.75, 3.05) is 12.8 Å². The van der Waals surface area contributed by atoms with Gasteiger partial charge in [-0.3, -0.25) is 4.79 Å². The van der Waals surface area contributed by atoms with Crippen LogP contribution in [-0.4, -0.2) is 19.1 Å². The second kappa shape index (κ2) is 7.34. The molecule has 1 saturated carbocycles. The largest absolute Gasteiger partial charge is 0.495 e. The van der Waals surface area contributed by atoms with Crippen LogP contribution in [0.3, 0.4) is 0 Å². The number of benzene rings is 1. The van der Waals surface area contributed by atoms with E-state index in [1.54, 1.807) is 7.11 Å². The molecular formula is C17H26N2O2. The third kappa shape index (κ3) is 4.38. The number of carbonyl (C=O) groups excluding carboxylic acids is 1. The Morgan fingerprint density at radius 3 is 2.81 bits per heavy atom. The molecule has 1 aromatic rings. The van der Waals surface area contributed by atoms with Crippen LogP contribution >= 0.6 is 0 Å². The zero-order valence-electron chi connectivity index (χ0n) is 13.0. The number of carbonyl (C=O) groups is 1. The van der Waals surface area contributed by atoms with Crippen LogP contribution in [0.5, 0.6) is 5.75 Å². The van der Waals surface area contributed by atoms with E-state index in [1.807, 2.05) is 18.2 Å². The molecule has 1 aliphatic carbocycles. The fourth-order valence-electron chi connectivity index (χ4n) is 3.01. The van der Waals surface area contributed by atoms with E-state index >= 15 is 0 Å². The molecule has 116 valence electrons. The van der Waals surface area contributed by atoms with Gasteiger partial charge < -0.3 is 15.8 Å². The van der Waals surface area contributed by atoms with Crippen molar-refractivity contribution in [3.8, 4) is 5.75 Å². The topological polar surface area (TPSA) is 64.3 Å². The Balaban J connectivity index is 1.82. The number of hydrogen-bond acceptors (Lipinski definition) is 3. The van der Waals surface area contributed by atoms with Crippen molar-refractivity contribution in [1.29, 1.82) is 0 Å². The van der Waals surface area contributed by atoms with E-state index in [4.69, 9.17) is 10.5 Å². The average molecular weight is 290 g/mol. The zero-order chi connectivity index (χ0) is 15.2. The minimum atomic E-state index is 0.142. The van der Waals surface area contributed by atoms with Crippen LogP contribution < -0.4 is 15.8 Å². The van der Waals surface area contributed by atoms with Crippen LogP contribution in [-0.2, 0) is 11.2 Å². The zero-order valence-corrected chi connectivity index (χ0v) is 13.0. The smallest absolute Gasteiger partial charge is 0.220 e. The lowest BCUT2D eigenvalue weighted by Crippen LogP contribution is -2.41. The van der Waals surface area contributed by atoms with Gasteiger partial charge in [-0.15, -0.1) is 0 Å². The first-order chi connectivity index (χ1) is 10.1. The molecular weight excluding hydrogens is 264 g/mol. The molecule has 3 N–H and O–H groups in total. The molecule has 2 atom stereocenters. The molecule has 0 spiro atoms. The Morgan fingerprint density at radius 1 is 1.38 bits per heavy atom. The lowest BCUT2D eigenvalue weighted by molar-refractivity contribution is -0.122. The number of anilines is 1. The minimum absolute atomic E-state index is 0.142. The molecule has 1 aliphatic rings. The molecule has 0 saturated heterocycles. The molecule has 1 fully saturated rings. The highest BCUT2D eigenvalue weighted by Crippen LogP contribution is 2.24. The van der Waals surface area contributed by atoms with Gasteiger partial charge in [0, 0.05) is 12.5 Å². The number of nitrogens with two attached hydrogens (primary N) is 1. The predicted molar refractivity (Wildman–Crippen MR) is 85.3 cm³/mol. The van der Waals surface area contributed by atoms with Crippen molar-refractivity contribution in [3.05, 3.63) is 23.8 Å². The van der Waals surface area contributed by atoms with Gasteiger partial charge in [0.2, 0.25) is 5.91 Å². The predicted octanol–water partition coefficient (Wildman–Crippen LogP) is 2.90. The summed E-state index contributed by atoms with van der Waals surface area (Å²) >= 11 is 0. The number of nitrogen functional groups attached to an aromatic ring is 1. The molecule has 0 bridgehead atoms. The summed E-state index contributed by atoms with van der Waals surface area (Å²) in [5, 5.41) is 3.18. The molecule has 2 unspecified atom stereocenters. The third-order valence-electron chi connectivity index (χ3n) is 4.39. The maximum atomic E-state index is 12.1. The normalized spacial score (nSPS) is 21.8. The Labute approximate surface area is 127 Å². The molecule has 0 radical (unpaired) electrons. The second-order valence-electron chi connectivity index (χ2n) is 6.01. The van der Waals surface area contributed by atoms with Gasteiger partial charge in [0.15, 0.2) is 0 Å². The van der Waals surface area contributed by atoms with Crippen LogP contribution in [0.2, 0.25) is 0 Å². The third-order valence-corrected chi connectivity index (χ3v) is 4.39. The number of hydrogen-bond donors (Lipinski definition) is 2. The van der Waals surface area contributed by atoms with E-state index in [9.17, 15) is 4.79 Å². The highest BCUT2D eigenvalue weighted by atomic mass is 16.5. The van der Waals surface area contributed by atoms with Gasteiger partial charge >= 0.3 is 0 Å². The molecule has 1 amide bonds. The molecule has 0 aliphatic heterocycles. The number of ether oxygens (including phenoxy) is 1. The van der Waals surface area contributed by atoms with Crippen molar-refractivity contribution in [3.63, 3.8) is 0 Å². The standard InChI is InChI=1S/C17H26N2O2/c1-12-5-3-4-6-15(12)19-17(20)10-8-13-7-9-16(21-2)14(18)11-13/h7,9,11-12,15H,3-6,8,10,18H2,1-2H3,(H,19,20). The Bertz CT molecular complexity index is 488. The van der Waals surface area contributed by atoms with Gasteiger partial charge in [0.05, 0.1) is 12.8 Å². The van der Waals surface area contributed by atoms with E-state index < -0.39 is 0 Å². The minimum Gasteiger partial charge on any atom is -0.495 e. The van der Waals surface area contributed by atoms with Crippen molar-refractivity contribution in [2.45, 2.75) is 51.5 Å². The van der Waals surface area contributed by atoms with Crippen LogP contribution in [0, 0.1) is 5.92 Å². The molecule has 1 aromatic carbocycles. The van der Waals surface area contributed by atoms with Crippen molar-refractivity contribution in [2.24, 2.45) is 5.92 Å². The first-order valence-corrected chi connectivity index (χ1v) is 7.82. The van der Waals surface area contributed by atoms with Gasteiger partial charge in [-0.25, -0.2) is 0 Å². The SMILES string of the molecule is COc1ccc(CCC(=O)NC2CCCCC2C)cc1N. The van der Waals surface area contributed by atoms with Gasteiger partial charge in [-0.1, -0.05) is 25.8 Å². The van der Waals surface area contributed by atoms with Gasteiger partial charge in [0.25, 0.3) is 0 Å². The number of rotatable bonds is 5. The van der Waals surface area contributed by atoms with Crippen LogP contribution in [0.15, 0.2) is 18.2 Å². The Hall–Kier alpha value is -1.71. The van der Waals surface area contributed by atoms with Crippen molar-refractivity contribution in [1.82, 2.24) is 5.32 Å². The van der Waals surface area contributed by atoms with E-state index in [1.165, 1.54) is 19.3 Å². The summed E-state index contributed by atoms with van der Waals surface area (Å²) in [4.78, 5) is 12.1. The summed E-state index contributed by atoms with van der Waals surface area (Å²) < 4.78 is 5.13. The average Bonchev–Trinajstić information content (AvgIpc) is 2.48. The van der Waals surface area contributed by atoms with Crippen LogP contribution in [0.1, 0.15) is 44.6 Å². The molecule has 4 nitrogen and oxygen atoms in total. The van der Waals surface area contributed by atoms with E-state index in [0.717, 1.165) is 12.0 Å². The summed E-state index contributed by atoms with van der Waals surface area (Å²) in [5.41, 5.74) is 7.57. The maximum Gasteiger partial charge on any atom is 0.220 e. The molecule has 21 heavy (non-hydrogen) atoms. The molecule has 2 rings (SSSR count). The monoisotopic (exact) mass is 290 g/mol. The maximum absolute atomic E-state index is 12.1. The first-order valence-electron chi connectivity index (χ1n) is 7.82. The van der Waals surface area contributed by atoms with Crippen LogP contribution in [0.25, 0.3) is 0 Å². The molecule has 0 heterocycles. The van der Waals surface area contributed by atoms with E-state index in [2.05, 4.69) is 12.2 Å². The van der Waals surface area contributed by atoms with Crippen LogP contribution in [0.4, 0.5) is 5.69 Å². The van der Waals surface area contributed by atoms with Gasteiger partial charge in [0.1, 0.15) is 5.75 Å². The highest BCUT2D eigenvalue weighted by molar-refractivity contribution is 5.76. The van der Waals surface area contributed by atoms with Gasteiger partial charge in [-0.05, 0) is 42.9 Å². The quantitative estimate of drug-likeness (QED) is 0.820. The Morgan fingerprint density at radius 2 is 2.14 bits per heavy atom. The fraction of sp³-hybridized carbons (Fsp3) is 0.588. The number of aryl methyl sites for hydroxylation is 1. The fourth-order valence-corrected chi connectivity index (χ4v) is 3.01. The molecule has 4 heteroatoms. The van der Waals surface area contributed by atoms with E-state index in [0.29, 0.717) is 36.2 Å². The van der Waals surface area contributed by atoms with E-state index in [-0.39, 0.29) is 5.91 Å². The van der Waals surface area contributed by atoms with Crippen molar-refractivity contribution >= 4 is 11.6 Å². The molecule has 0 aromatic heterocycles. The number of amides is 1. The highest BCUT2D eigenvalue weighted by Gasteiger charge is 2.22. The van der Waals surface area contributed by atoms with Gasteiger partial charge in [-0.2, -0.15) is 0 Å². The summed E-state index contributed by atoms with van der Waals surface area (Å²) in [5.74, 6) is 1.42. The number of methoxy groups -OCH3 is 1. The lowest BCUT2D eigenvalue weighted by Gasteiger charge is -2.29. The summed E-state index contributed by atoms with van der Waals surface area (Å²) in [7, 11) is 1.60. The number of nitrogens with one attached hydrogen (secondary N) is 1. The lowest BCUT2D eigenvalue weighted by atomic mass is 9.86. The first kappa shape index (κ1) is 15.7. The summed E-state index contributed by atoms with van der Waals surface area (Å²) in [6.07, 6.45) is 6.07. The summed E-state index contributed by atoms with van der Waals surface area (Å²) in [6, 6.07) is 6.06. The van der Waals surface area contributed by atoms with Crippen molar-refractivity contribution < 1.29 is 9.53 Å².